The summed E-state index contributed by atoms with van der Waals surface area (Å²) in [5.41, 5.74) is 5.27. The van der Waals surface area contributed by atoms with Crippen LogP contribution >= 0.6 is 11.6 Å². The molecule has 0 unspecified atom stereocenters. The first-order chi connectivity index (χ1) is 15.1. The molecule has 0 spiro atoms. The number of pyridine rings is 1. The Labute approximate surface area is 194 Å². The quantitative estimate of drug-likeness (QED) is 0.523. The van der Waals surface area contributed by atoms with Crippen LogP contribution in [0.3, 0.4) is 0 Å². The lowest BCUT2D eigenvalue weighted by Crippen LogP contribution is -2.36. The number of fused-ring (bicyclic) bond motifs is 1. The molecule has 32 heavy (non-hydrogen) atoms. The number of nitriles is 1. The summed E-state index contributed by atoms with van der Waals surface area (Å²) in [7, 11) is -0.0506. The maximum atomic E-state index is 12.6. The van der Waals surface area contributed by atoms with Crippen molar-refractivity contribution in [3.63, 3.8) is 0 Å². The van der Waals surface area contributed by atoms with E-state index >= 15 is 0 Å². The summed E-state index contributed by atoms with van der Waals surface area (Å²) in [5, 5.41) is 10.9. The lowest BCUT2D eigenvalue weighted by Gasteiger charge is -2.31. The summed E-state index contributed by atoms with van der Waals surface area (Å²) >= 11 is 6.64. The molecule has 1 saturated carbocycles. The third-order valence-electron chi connectivity index (χ3n) is 6.61. The summed E-state index contributed by atoms with van der Waals surface area (Å²) in [6.07, 6.45) is 8.41. The number of aromatic nitrogens is 2. The Hall–Kier alpha value is -2.40. The highest BCUT2D eigenvalue weighted by Crippen LogP contribution is 2.41. The molecule has 2 heterocycles. The minimum atomic E-state index is -3.25. The van der Waals surface area contributed by atoms with Crippen molar-refractivity contribution < 1.29 is 8.42 Å². The standard InChI is InChI=1S/C24H27ClN4O2S/c1-15-9-23-20(10-17(15)11-26)22(21-13-27-12-16(2)24(21)25)14-29(23)18-5-7-19(8-6-18)32(30,31)28(3)4/h9-10,12-14,18-19H,5-8H2,1-4H3. The second-order valence-corrected chi connectivity index (χ2v) is 11.6. The summed E-state index contributed by atoms with van der Waals surface area (Å²) in [5.74, 6) is 0. The van der Waals surface area contributed by atoms with E-state index in [0.29, 0.717) is 23.4 Å². The fourth-order valence-corrected chi connectivity index (χ4v) is 6.36. The van der Waals surface area contributed by atoms with E-state index in [1.165, 1.54) is 4.31 Å². The largest absolute Gasteiger partial charge is 0.344 e. The number of hydrogen-bond donors (Lipinski definition) is 0. The van der Waals surface area contributed by atoms with E-state index in [1.807, 2.05) is 19.9 Å². The monoisotopic (exact) mass is 470 g/mol. The molecule has 1 fully saturated rings. The van der Waals surface area contributed by atoms with Crippen LogP contribution in [0.5, 0.6) is 0 Å². The van der Waals surface area contributed by atoms with Gasteiger partial charge in [0, 0.05) is 60.8 Å². The van der Waals surface area contributed by atoms with Crippen LogP contribution in [0.1, 0.15) is 48.4 Å². The van der Waals surface area contributed by atoms with Gasteiger partial charge in [-0.25, -0.2) is 12.7 Å². The van der Waals surface area contributed by atoms with Crippen molar-refractivity contribution in [2.75, 3.05) is 14.1 Å². The molecule has 8 heteroatoms. The van der Waals surface area contributed by atoms with Gasteiger partial charge in [0.1, 0.15) is 0 Å². The van der Waals surface area contributed by atoms with Crippen LogP contribution in [0.25, 0.3) is 22.0 Å². The Morgan fingerprint density at radius 3 is 2.41 bits per heavy atom. The predicted molar refractivity (Wildman–Crippen MR) is 128 cm³/mol. The van der Waals surface area contributed by atoms with Gasteiger partial charge in [0.15, 0.2) is 0 Å². The second-order valence-electron chi connectivity index (χ2n) is 8.82. The number of aryl methyl sites for hydroxylation is 2. The van der Waals surface area contributed by atoms with Gasteiger partial charge in [-0.15, -0.1) is 0 Å². The summed E-state index contributed by atoms with van der Waals surface area (Å²) < 4.78 is 28.7. The molecule has 1 aromatic carbocycles. The van der Waals surface area contributed by atoms with Crippen molar-refractivity contribution in [2.24, 2.45) is 0 Å². The van der Waals surface area contributed by atoms with Crippen LogP contribution in [0, 0.1) is 25.2 Å². The molecular weight excluding hydrogens is 444 g/mol. The predicted octanol–water partition coefficient (Wildman–Crippen LogP) is 5.22. The average Bonchev–Trinajstić information content (AvgIpc) is 3.13. The van der Waals surface area contributed by atoms with Gasteiger partial charge in [0.25, 0.3) is 0 Å². The van der Waals surface area contributed by atoms with E-state index in [2.05, 4.69) is 27.9 Å². The Kier molecular flexibility index (Phi) is 6.06. The zero-order valence-corrected chi connectivity index (χ0v) is 20.3. The van der Waals surface area contributed by atoms with Crippen LogP contribution in [-0.4, -0.2) is 41.6 Å². The van der Waals surface area contributed by atoms with Gasteiger partial charge in [0.2, 0.25) is 10.0 Å². The molecule has 6 nitrogen and oxygen atoms in total. The Bertz CT molecular complexity index is 1330. The molecule has 1 aliphatic rings. The molecule has 1 aliphatic carbocycles. The van der Waals surface area contributed by atoms with Crippen molar-refractivity contribution in [3.05, 3.63) is 52.4 Å². The maximum Gasteiger partial charge on any atom is 0.216 e. The Morgan fingerprint density at radius 1 is 1.09 bits per heavy atom. The lowest BCUT2D eigenvalue weighted by molar-refractivity contribution is 0.352. The minimum absolute atomic E-state index is 0.184. The fourth-order valence-electron chi connectivity index (χ4n) is 4.69. The van der Waals surface area contributed by atoms with Crippen LogP contribution in [0.15, 0.2) is 30.7 Å². The molecule has 0 radical (unpaired) electrons. The minimum Gasteiger partial charge on any atom is -0.344 e. The first kappa shape index (κ1) is 22.8. The molecule has 0 atom stereocenters. The number of sulfonamides is 1. The second kappa shape index (κ2) is 8.51. The highest BCUT2D eigenvalue weighted by molar-refractivity contribution is 7.89. The topological polar surface area (TPSA) is 79.0 Å². The van der Waals surface area contributed by atoms with Crippen LogP contribution in [0.2, 0.25) is 5.02 Å². The molecular formula is C24H27ClN4O2S. The fraction of sp³-hybridized carbons (Fsp3) is 0.417. The Morgan fingerprint density at radius 2 is 1.78 bits per heavy atom. The highest BCUT2D eigenvalue weighted by atomic mass is 35.5. The normalized spacial score (nSPS) is 19.4. The molecule has 2 aromatic heterocycles. The molecule has 0 amide bonds. The average molecular weight is 471 g/mol. The van der Waals surface area contributed by atoms with E-state index in [-0.39, 0.29) is 11.3 Å². The third-order valence-corrected chi connectivity index (χ3v) is 9.45. The van der Waals surface area contributed by atoms with E-state index < -0.39 is 10.0 Å². The number of rotatable bonds is 4. The molecule has 4 rings (SSSR count). The number of nitrogens with zero attached hydrogens (tertiary/aromatic N) is 4. The first-order valence-corrected chi connectivity index (χ1v) is 12.6. The molecule has 0 aliphatic heterocycles. The van der Waals surface area contributed by atoms with Gasteiger partial charge in [-0.3, -0.25) is 4.98 Å². The number of benzene rings is 1. The lowest BCUT2D eigenvalue weighted by atomic mass is 9.94. The summed E-state index contributed by atoms with van der Waals surface area (Å²) in [4.78, 5) is 4.33. The van der Waals surface area contributed by atoms with E-state index in [0.717, 1.165) is 46.0 Å². The van der Waals surface area contributed by atoms with Gasteiger partial charge < -0.3 is 4.57 Å². The van der Waals surface area contributed by atoms with Gasteiger partial charge in [0.05, 0.1) is 21.9 Å². The van der Waals surface area contributed by atoms with Gasteiger partial charge >= 0.3 is 0 Å². The zero-order chi connectivity index (χ0) is 23.2. The molecule has 168 valence electrons. The molecule has 0 N–H and O–H groups in total. The third kappa shape index (κ3) is 3.81. The van der Waals surface area contributed by atoms with E-state index in [9.17, 15) is 13.7 Å². The number of hydrogen-bond acceptors (Lipinski definition) is 4. The van der Waals surface area contributed by atoms with Gasteiger partial charge in [-0.1, -0.05) is 11.6 Å². The molecule has 0 saturated heterocycles. The van der Waals surface area contributed by atoms with Crippen molar-refractivity contribution in [3.8, 4) is 17.2 Å². The van der Waals surface area contributed by atoms with Crippen molar-refractivity contribution in [1.82, 2.24) is 13.9 Å². The summed E-state index contributed by atoms with van der Waals surface area (Å²) in [6.45, 7) is 3.87. The maximum absolute atomic E-state index is 12.6. The van der Waals surface area contributed by atoms with Crippen LogP contribution < -0.4 is 0 Å². The van der Waals surface area contributed by atoms with Crippen LogP contribution in [-0.2, 0) is 10.0 Å². The number of halogens is 1. The van der Waals surface area contributed by atoms with Crippen molar-refractivity contribution in [1.29, 1.82) is 5.26 Å². The molecule has 3 aromatic rings. The summed E-state index contributed by atoms with van der Waals surface area (Å²) in [6, 6.07) is 6.45. The smallest absolute Gasteiger partial charge is 0.216 e. The SMILES string of the molecule is Cc1cc2c(cc1C#N)c(-c1cncc(C)c1Cl)cn2C1CCC(S(=O)(=O)N(C)C)CC1. The van der Waals surface area contributed by atoms with Gasteiger partial charge in [-0.05, 0) is 62.8 Å². The van der Waals surface area contributed by atoms with Crippen LogP contribution in [0.4, 0.5) is 0 Å². The molecule has 0 bridgehead atoms. The Balaban J connectivity index is 1.81. The van der Waals surface area contributed by atoms with Gasteiger partial charge in [-0.2, -0.15) is 5.26 Å². The van der Waals surface area contributed by atoms with E-state index in [4.69, 9.17) is 11.6 Å². The highest BCUT2D eigenvalue weighted by Gasteiger charge is 2.33. The first-order valence-electron chi connectivity index (χ1n) is 10.7. The zero-order valence-electron chi connectivity index (χ0n) is 18.8. The van der Waals surface area contributed by atoms with Crippen molar-refractivity contribution >= 4 is 32.5 Å². The van der Waals surface area contributed by atoms with E-state index in [1.54, 1.807) is 26.5 Å². The van der Waals surface area contributed by atoms with Crippen molar-refractivity contribution in [2.45, 2.75) is 50.8 Å².